The third-order valence-corrected chi connectivity index (χ3v) is 6.65. The van der Waals surface area contributed by atoms with Crippen molar-refractivity contribution in [1.82, 2.24) is 4.98 Å². The van der Waals surface area contributed by atoms with Crippen LogP contribution in [0.25, 0.3) is 11.3 Å². The second-order valence-electron chi connectivity index (χ2n) is 6.24. The summed E-state index contributed by atoms with van der Waals surface area (Å²) in [6.07, 6.45) is 0. The third-order valence-electron chi connectivity index (χ3n) is 4.27. The SMILES string of the molecule is O=C(c1ccc(Cl)cc1)c1[se]c(NCc2ccccc2)nc1-c1ccccc1. The monoisotopic (exact) mass is 452 g/mol. The number of nitrogens with zero attached hydrogens (tertiary/aromatic N) is 1. The van der Waals surface area contributed by atoms with E-state index < -0.39 is 0 Å². The van der Waals surface area contributed by atoms with Crippen molar-refractivity contribution in [2.75, 3.05) is 5.32 Å². The molecule has 0 bridgehead atoms. The molecule has 0 radical (unpaired) electrons. The number of nitrogens with one attached hydrogen (secondary N) is 1. The third kappa shape index (κ3) is 4.26. The summed E-state index contributed by atoms with van der Waals surface area (Å²) in [6.45, 7) is 0.686. The second kappa shape index (κ2) is 8.57. The van der Waals surface area contributed by atoms with Gasteiger partial charge in [0.1, 0.15) is 0 Å². The Hall–Kier alpha value is -2.65. The molecule has 4 rings (SSSR count). The minimum absolute atomic E-state index is 0.00998. The number of anilines is 1. The Bertz CT molecular complexity index is 1080. The van der Waals surface area contributed by atoms with Crippen molar-refractivity contribution in [2.45, 2.75) is 6.54 Å². The van der Waals surface area contributed by atoms with Crippen LogP contribution >= 0.6 is 11.6 Å². The van der Waals surface area contributed by atoms with Crippen LogP contribution in [0.5, 0.6) is 0 Å². The number of carbonyl (C=O) groups is 1. The van der Waals surface area contributed by atoms with Crippen LogP contribution in [-0.4, -0.2) is 25.3 Å². The van der Waals surface area contributed by atoms with Gasteiger partial charge >= 0.3 is 175 Å². The Labute approximate surface area is 174 Å². The molecule has 0 aliphatic rings. The molecule has 0 saturated heterocycles. The molecular weight excluding hydrogens is 435 g/mol. The molecule has 1 N–H and O–H groups in total. The predicted octanol–water partition coefficient (Wildman–Crippen LogP) is 5.30. The van der Waals surface area contributed by atoms with Crippen LogP contribution in [0.3, 0.4) is 0 Å². The van der Waals surface area contributed by atoms with Gasteiger partial charge in [-0.2, -0.15) is 0 Å². The molecule has 0 aliphatic carbocycles. The summed E-state index contributed by atoms with van der Waals surface area (Å²) in [7, 11) is 0. The normalized spacial score (nSPS) is 10.6. The van der Waals surface area contributed by atoms with Gasteiger partial charge in [-0.1, -0.05) is 0 Å². The first-order valence-electron chi connectivity index (χ1n) is 8.85. The standard InChI is InChI=1S/C23H17ClN2OSe/c24-19-13-11-18(12-14-19)21(27)22-20(17-9-5-2-6-10-17)26-23(28-22)25-15-16-7-3-1-4-8-16/h1-14H,15H2,(H,25,26). The maximum atomic E-state index is 13.2. The summed E-state index contributed by atoms with van der Waals surface area (Å²) >= 11 is 5.79. The van der Waals surface area contributed by atoms with E-state index in [4.69, 9.17) is 16.6 Å². The molecule has 1 aromatic heterocycles. The van der Waals surface area contributed by atoms with Gasteiger partial charge in [0.15, 0.2) is 0 Å². The molecule has 0 spiro atoms. The van der Waals surface area contributed by atoms with E-state index in [1.165, 1.54) is 5.56 Å². The Kier molecular flexibility index (Phi) is 5.73. The van der Waals surface area contributed by atoms with Crippen LogP contribution in [-0.2, 0) is 6.54 Å². The zero-order valence-electron chi connectivity index (χ0n) is 14.9. The van der Waals surface area contributed by atoms with Crippen LogP contribution in [0, 0.1) is 0 Å². The van der Waals surface area contributed by atoms with Crippen molar-refractivity contribution in [1.29, 1.82) is 0 Å². The fourth-order valence-electron chi connectivity index (χ4n) is 2.85. The van der Waals surface area contributed by atoms with Gasteiger partial charge in [-0.15, -0.1) is 0 Å². The van der Waals surface area contributed by atoms with E-state index in [0.717, 1.165) is 20.4 Å². The van der Waals surface area contributed by atoms with Crippen molar-refractivity contribution in [3.63, 3.8) is 0 Å². The first kappa shape index (κ1) is 18.7. The van der Waals surface area contributed by atoms with Gasteiger partial charge in [0.2, 0.25) is 0 Å². The zero-order valence-corrected chi connectivity index (χ0v) is 17.4. The van der Waals surface area contributed by atoms with Crippen LogP contribution in [0.2, 0.25) is 5.02 Å². The quantitative estimate of drug-likeness (QED) is 0.319. The van der Waals surface area contributed by atoms with E-state index in [1.807, 2.05) is 48.5 Å². The summed E-state index contributed by atoms with van der Waals surface area (Å²) in [6, 6.07) is 27.1. The van der Waals surface area contributed by atoms with Crippen molar-refractivity contribution < 1.29 is 4.79 Å². The van der Waals surface area contributed by atoms with Crippen molar-refractivity contribution in [3.8, 4) is 11.3 Å². The number of aromatic nitrogens is 1. The van der Waals surface area contributed by atoms with Gasteiger partial charge in [-0.3, -0.25) is 0 Å². The van der Waals surface area contributed by atoms with E-state index in [1.54, 1.807) is 24.3 Å². The fourth-order valence-corrected chi connectivity index (χ4v) is 4.96. The van der Waals surface area contributed by atoms with Crippen LogP contribution in [0.15, 0.2) is 84.9 Å². The molecule has 3 nitrogen and oxygen atoms in total. The number of ketones is 1. The van der Waals surface area contributed by atoms with Gasteiger partial charge in [-0.05, 0) is 0 Å². The topological polar surface area (TPSA) is 42.0 Å². The van der Waals surface area contributed by atoms with Gasteiger partial charge in [0.25, 0.3) is 0 Å². The van der Waals surface area contributed by atoms with Gasteiger partial charge in [0.05, 0.1) is 0 Å². The summed E-state index contributed by atoms with van der Waals surface area (Å²) in [5.74, 6) is 0.00998. The fraction of sp³-hybridized carbons (Fsp3) is 0.0435. The molecule has 5 heteroatoms. The minimum atomic E-state index is -0.184. The van der Waals surface area contributed by atoms with Gasteiger partial charge < -0.3 is 0 Å². The predicted molar refractivity (Wildman–Crippen MR) is 115 cm³/mol. The Morgan fingerprint density at radius 2 is 1.54 bits per heavy atom. The molecule has 1 heterocycles. The Morgan fingerprint density at radius 1 is 0.893 bits per heavy atom. The van der Waals surface area contributed by atoms with Gasteiger partial charge in [-0.25, -0.2) is 0 Å². The molecular formula is C23H17ClN2OSe. The van der Waals surface area contributed by atoms with Crippen molar-refractivity contribution >= 4 is 36.6 Å². The zero-order chi connectivity index (χ0) is 19.3. The van der Waals surface area contributed by atoms with Crippen molar-refractivity contribution in [2.24, 2.45) is 0 Å². The van der Waals surface area contributed by atoms with E-state index in [2.05, 4.69) is 17.4 Å². The number of benzene rings is 3. The molecule has 4 aromatic rings. The first-order chi connectivity index (χ1) is 13.7. The Morgan fingerprint density at radius 3 is 2.21 bits per heavy atom. The van der Waals surface area contributed by atoms with Crippen LogP contribution < -0.4 is 5.32 Å². The maximum absolute atomic E-state index is 13.2. The van der Waals surface area contributed by atoms with E-state index in [9.17, 15) is 4.79 Å². The number of rotatable bonds is 6. The second-order valence-corrected chi connectivity index (χ2v) is 8.77. The van der Waals surface area contributed by atoms with Crippen LogP contribution in [0.1, 0.15) is 20.4 Å². The van der Waals surface area contributed by atoms with Gasteiger partial charge in [0, 0.05) is 0 Å². The average molecular weight is 452 g/mol. The molecule has 0 atom stereocenters. The summed E-state index contributed by atoms with van der Waals surface area (Å²) in [5, 5.41) is 4.02. The van der Waals surface area contributed by atoms with Crippen LogP contribution in [0.4, 0.5) is 4.69 Å². The average Bonchev–Trinajstić information content (AvgIpc) is 3.18. The molecule has 0 amide bonds. The number of halogens is 1. The molecule has 0 fully saturated rings. The number of carbonyl (C=O) groups excluding carboxylic acids is 1. The molecule has 138 valence electrons. The number of hydrogen-bond donors (Lipinski definition) is 1. The summed E-state index contributed by atoms with van der Waals surface area (Å²) in [4.78, 5) is 18.0. The van der Waals surface area contributed by atoms with Crippen molar-refractivity contribution in [3.05, 3.63) is 106 Å². The van der Waals surface area contributed by atoms with E-state index >= 15 is 0 Å². The molecule has 0 saturated carbocycles. The first-order valence-corrected chi connectivity index (χ1v) is 10.9. The van der Waals surface area contributed by atoms with E-state index in [-0.39, 0.29) is 20.3 Å². The summed E-state index contributed by atoms with van der Waals surface area (Å²) < 4.78 is 1.63. The summed E-state index contributed by atoms with van der Waals surface area (Å²) in [5.41, 5.74) is 3.53. The Balaban J connectivity index is 1.68. The molecule has 0 unspecified atom stereocenters. The molecule has 3 aromatic carbocycles. The van der Waals surface area contributed by atoms with E-state index in [0.29, 0.717) is 17.1 Å². The molecule has 0 aliphatic heterocycles. The molecule has 28 heavy (non-hydrogen) atoms. The number of hydrogen-bond acceptors (Lipinski definition) is 3.